The second-order valence-corrected chi connectivity index (χ2v) is 10.5. The van der Waals surface area contributed by atoms with Crippen LogP contribution in [0, 0.1) is 18.3 Å². The summed E-state index contributed by atoms with van der Waals surface area (Å²) in [4.78, 5) is 43.3. The monoisotopic (exact) mass is 527 g/mol. The van der Waals surface area contributed by atoms with Crippen LogP contribution in [0.25, 0.3) is 0 Å². The molecule has 4 atom stereocenters. The molecule has 3 aliphatic heterocycles. The number of ketones is 1. The van der Waals surface area contributed by atoms with Crippen molar-refractivity contribution in [2.45, 2.75) is 25.9 Å². The third kappa shape index (κ3) is 3.01. The number of anilines is 1. The summed E-state index contributed by atoms with van der Waals surface area (Å²) < 4.78 is 0.853. The molecule has 3 aromatic carbocycles. The number of hydrazone groups is 1. The molecule has 0 saturated carbocycles. The van der Waals surface area contributed by atoms with Gasteiger partial charge in [-0.05, 0) is 49.2 Å². The van der Waals surface area contributed by atoms with Gasteiger partial charge in [-0.25, -0.2) is 4.90 Å². The van der Waals surface area contributed by atoms with Gasteiger partial charge in [0.15, 0.2) is 5.78 Å². The van der Waals surface area contributed by atoms with Gasteiger partial charge in [0.2, 0.25) is 11.8 Å². The molecule has 0 spiro atoms. The Kier molecular flexibility index (Phi) is 4.83. The zero-order valence-corrected chi connectivity index (χ0v) is 20.8. The summed E-state index contributed by atoms with van der Waals surface area (Å²) in [5.74, 6) is -1.76. The van der Waals surface area contributed by atoms with Crippen molar-refractivity contribution in [3.63, 3.8) is 0 Å². The van der Waals surface area contributed by atoms with Crippen LogP contribution in [-0.2, 0) is 9.59 Å². The maximum Gasteiger partial charge on any atom is 0.243 e. The smallest absolute Gasteiger partial charge is 0.243 e. The van der Waals surface area contributed by atoms with Crippen molar-refractivity contribution in [1.82, 2.24) is 5.01 Å². The predicted octanol–water partition coefficient (Wildman–Crippen LogP) is 4.91. The topological polar surface area (TPSA) is 70.1 Å². The van der Waals surface area contributed by atoms with Gasteiger partial charge in [0.1, 0.15) is 6.04 Å². The molecule has 0 unspecified atom stereocenters. The van der Waals surface area contributed by atoms with E-state index in [2.05, 4.69) is 21.0 Å². The average Bonchev–Trinajstić information content (AvgIpc) is 3.25. The number of aryl methyl sites for hydroxylation is 1. The largest absolute Gasteiger partial charge is 0.292 e. The lowest BCUT2D eigenvalue weighted by atomic mass is 9.71. The third-order valence-electron chi connectivity index (χ3n) is 7.54. The lowest BCUT2D eigenvalue weighted by molar-refractivity contribution is -0.127. The third-order valence-corrected chi connectivity index (χ3v) is 8.07. The summed E-state index contributed by atoms with van der Waals surface area (Å²) >= 11 is 3.41. The standard InChI is InChI=1S/C28H22BrN3O3/c1-16-7-13-20(14-8-16)31-26(34)22-23(24(33)17-9-11-19(29)12-10-17)32-25(28(22,2)27(31)35)21-6-4-3-5-18(21)15-30-32/h3-15,22-23,25H,1-2H3/t22-,23-,25+,28+/m1/s1. The Hall–Kier alpha value is -3.58. The number of imide groups is 1. The first-order chi connectivity index (χ1) is 16.8. The van der Waals surface area contributed by atoms with Crippen molar-refractivity contribution >= 4 is 45.4 Å². The number of amides is 2. The normalized spacial score (nSPS) is 26.5. The Morgan fingerprint density at radius 3 is 2.37 bits per heavy atom. The predicted molar refractivity (Wildman–Crippen MR) is 136 cm³/mol. The van der Waals surface area contributed by atoms with E-state index in [1.165, 1.54) is 4.90 Å². The summed E-state index contributed by atoms with van der Waals surface area (Å²) in [6.07, 6.45) is 1.71. The molecule has 2 saturated heterocycles. The minimum atomic E-state index is -1.16. The van der Waals surface area contributed by atoms with Crippen molar-refractivity contribution < 1.29 is 14.4 Å². The van der Waals surface area contributed by atoms with Crippen LogP contribution in [-0.4, -0.2) is 34.9 Å². The Bertz CT molecular complexity index is 1420. The fraction of sp³-hybridized carbons (Fsp3) is 0.214. The van der Waals surface area contributed by atoms with E-state index in [9.17, 15) is 14.4 Å². The molecule has 2 amide bonds. The van der Waals surface area contributed by atoms with Crippen LogP contribution in [0.2, 0.25) is 0 Å². The van der Waals surface area contributed by atoms with Gasteiger partial charge >= 0.3 is 0 Å². The van der Waals surface area contributed by atoms with Gasteiger partial charge in [0.25, 0.3) is 0 Å². The van der Waals surface area contributed by atoms with Crippen molar-refractivity contribution in [1.29, 1.82) is 0 Å². The van der Waals surface area contributed by atoms with Gasteiger partial charge in [-0.15, -0.1) is 0 Å². The van der Waals surface area contributed by atoms with Crippen molar-refractivity contribution in [3.8, 4) is 0 Å². The first kappa shape index (κ1) is 21.9. The van der Waals surface area contributed by atoms with E-state index in [-0.39, 0.29) is 17.6 Å². The van der Waals surface area contributed by atoms with E-state index >= 15 is 0 Å². The summed E-state index contributed by atoms with van der Waals surface area (Å²) in [6, 6.07) is 20.7. The van der Waals surface area contributed by atoms with Gasteiger partial charge in [0.05, 0.1) is 29.3 Å². The number of hydrogen-bond acceptors (Lipinski definition) is 5. The van der Waals surface area contributed by atoms with E-state index in [1.807, 2.05) is 50.2 Å². The number of hydrogen-bond donors (Lipinski definition) is 0. The highest BCUT2D eigenvalue weighted by Gasteiger charge is 2.72. The van der Waals surface area contributed by atoms with E-state index in [4.69, 9.17) is 0 Å². The lowest BCUT2D eigenvalue weighted by Gasteiger charge is -2.36. The van der Waals surface area contributed by atoms with E-state index in [0.717, 1.165) is 21.2 Å². The van der Waals surface area contributed by atoms with Gasteiger partial charge < -0.3 is 0 Å². The fourth-order valence-corrected chi connectivity index (χ4v) is 6.08. The number of benzene rings is 3. The quantitative estimate of drug-likeness (QED) is 0.358. The van der Waals surface area contributed by atoms with Crippen LogP contribution < -0.4 is 4.90 Å². The molecule has 3 aliphatic rings. The molecule has 7 heteroatoms. The second kappa shape index (κ2) is 7.71. The molecule has 0 bridgehead atoms. The molecule has 3 aromatic rings. The maximum absolute atomic E-state index is 14.1. The zero-order valence-electron chi connectivity index (χ0n) is 19.2. The van der Waals surface area contributed by atoms with Crippen LogP contribution in [0.1, 0.15) is 40.0 Å². The number of rotatable bonds is 3. The number of carbonyl (C=O) groups is 3. The second-order valence-electron chi connectivity index (χ2n) is 9.55. The average molecular weight is 528 g/mol. The molecule has 6 rings (SSSR count). The Morgan fingerprint density at radius 1 is 0.971 bits per heavy atom. The minimum absolute atomic E-state index is 0.223. The number of halogens is 1. The summed E-state index contributed by atoms with van der Waals surface area (Å²) in [5.41, 5.74) is 2.65. The number of carbonyl (C=O) groups excluding carboxylic acids is 3. The number of Topliss-reactive ketones (excluding diaryl/α,β-unsaturated/α-hetero) is 1. The molecule has 2 fully saturated rings. The molecule has 0 N–H and O–H groups in total. The Labute approximate surface area is 211 Å². The molecule has 0 radical (unpaired) electrons. The fourth-order valence-electron chi connectivity index (χ4n) is 5.81. The molecule has 174 valence electrons. The summed E-state index contributed by atoms with van der Waals surface area (Å²) in [5, 5.41) is 6.33. The Morgan fingerprint density at radius 2 is 1.66 bits per heavy atom. The first-order valence-corrected chi connectivity index (χ1v) is 12.3. The highest BCUT2D eigenvalue weighted by Crippen LogP contribution is 2.60. The zero-order chi connectivity index (χ0) is 24.5. The first-order valence-electron chi connectivity index (χ1n) is 11.5. The molecule has 0 aliphatic carbocycles. The molecular formula is C28H22BrN3O3. The molecule has 3 heterocycles. The van der Waals surface area contributed by atoms with Gasteiger partial charge in [-0.2, -0.15) is 5.10 Å². The van der Waals surface area contributed by atoms with Crippen molar-refractivity contribution in [2.24, 2.45) is 16.4 Å². The van der Waals surface area contributed by atoms with Crippen LogP contribution >= 0.6 is 15.9 Å². The van der Waals surface area contributed by atoms with Crippen LogP contribution in [0.3, 0.4) is 0 Å². The van der Waals surface area contributed by atoms with E-state index in [1.54, 1.807) is 47.6 Å². The summed E-state index contributed by atoms with van der Waals surface area (Å²) in [6.45, 7) is 3.77. The van der Waals surface area contributed by atoms with Crippen molar-refractivity contribution in [3.05, 3.63) is 99.5 Å². The Balaban J connectivity index is 1.54. The lowest BCUT2D eigenvalue weighted by Crippen LogP contribution is -2.45. The number of nitrogens with zero attached hydrogens (tertiary/aromatic N) is 3. The highest BCUT2D eigenvalue weighted by molar-refractivity contribution is 9.10. The van der Waals surface area contributed by atoms with Gasteiger partial charge in [-0.1, -0.05) is 70.0 Å². The van der Waals surface area contributed by atoms with Gasteiger partial charge in [0, 0.05) is 10.0 Å². The van der Waals surface area contributed by atoms with E-state index in [0.29, 0.717) is 11.3 Å². The summed E-state index contributed by atoms with van der Waals surface area (Å²) in [7, 11) is 0. The molecule has 0 aromatic heterocycles. The minimum Gasteiger partial charge on any atom is -0.292 e. The maximum atomic E-state index is 14.1. The van der Waals surface area contributed by atoms with Gasteiger partial charge in [-0.3, -0.25) is 19.4 Å². The van der Waals surface area contributed by atoms with Crippen LogP contribution in [0.15, 0.2) is 82.4 Å². The molecule has 35 heavy (non-hydrogen) atoms. The van der Waals surface area contributed by atoms with Crippen LogP contribution in [0.4, 0.5) is 5.69 Å². The number of fused-ring (bicyclic) bond motifs is 5. The molecule has 6 nitrogen and oxygen atoms in total. The molecular weight excluding hydrogens is 506 g/mol. The van der Waals surface area contributed by atoms with Crippen LogP contribution in [0.5, 0.6) is 0 Å². The van der Waals surface area contributed by atoms with Crippen molar-refractivity contribution in [2.75, 3.05) is 4.90 Å². The van der Waals surface area contributed by atoms with E-state index < -0.39 is 23.4 Å². The highest BCUT2D eigenvalue weighted by atomic mass is 79.9. The SMILES string of the molecule is Cc1ccc(N2C(=O)[C@H]3[C@H](C(=O)c4ccc(Br)cc4)N4N=Cc5ccccc5[C@H]4[C@@]3(C)C2=O)cc1.